The zero-order valence-electron chi connectivity index (χ0n) is 17.9. The quantitative estimate of drug-likeness (QED) is 0.463. The van der Waals surface area contributed by atoms with Gasteiger partial charge in [0.05, 0.1) is 5.52 Å². The molecule has 3 heterocycles. The van der Waals surface area contributed by atoms with E-state index < -0.39 is 0 Å². The Balaban J connectivity index is 1.30. The molecule has 1 aliphatic rings. The molecule has 0 atom stereocenters. The maximum absolute atomic E-state index is 14.4. The molecule has 2 aromatic heterocycles. The number of hydrogen-bond acceptors (Lipinski definition) is 5. The molecule has 33 heavy (non-hydrogen) atoms. The van der Waals surface area contributed by atoms with E-state index in [0.717, 1.165) is 5.56 Å². The molecule has 0 unspecified atom stereocenters. The Morgan fingerprint density at radius 2 is 1.82 bits per heavy atom. The van der Waals surface area contributed by atoms with Gasteiger partial charge in [-0.2, -0.15) is 0 Å². The van der Waals surface area contributed by atoms with E-state index in [1.54, 1.807) is 23.6 Å². The number of thiophene rings is 1. The Morgan fingerprint density at radius 3 is 2.58 bits per heavy atom. The minimum absolute atomic E-state index is 0.0510. The summed E-state index contributed by atoms with van der Waals surface area (Å²) in [6, 6.07) is 16.3. The number of fused-ring (bicyclic) bond motifs is 1. The number of aromatic amines is 1. The van der Waals surface area contributed by atoms with Crippen molar-refractivity contribution in [1.29, 1.82) is 0 Å². The number of aromatic nitrogens is 2. The van der Waals surface area contributed by atoms with Crippen molar-refractivity contribution in [2.24, 2.45) is 5.92 Å². The molecule has 1 aliphatic heterocycles. The number of piperidine rings is 1. The molecule has 0 saturated carbocycles. The van der Waals surface area contributed by atoms with Gasteiger partial charge in [-0.1, -0.05) is 48.5 Å². The number of anilines is 1. The Morgan fingerprint density at radius 1 is 1.09 bits per heavy atom. The lowest BCUT2D eigenvalue weighted by atomic mass is 9.96. The van der Waals surface area contributed by atoms with Gasteiger partial charge in [0.1, 0.15) is 10.5 Å². The van der Waals surface area contributed by atoms with Crippen LogP contribution in [0.1, 0.15) is 18.4 Å². The highest BCUT2D eigenvalue weighted by atomic mass is 32.1. The number of benzene rings is 2. The van der Waals surface area contributed by atoms with Gasteiger partial charge < -0.3 is 10.2 Å². The van der Waals surface area contributed by atoms with Crippen molar-refractivity contribution in [3.8, 4) is 11.1 Å². The molecule has 1 fully saturated rings. The number of carbonyl (C=O) groups is 1. The van der Waals surface area contributed by atoms with Crippen LogP contribution in [-0.2, 0) is 11.3 Å². The lowest BCUT2D eigenvalue weighted by Crippen LogP contribution is -2.41. The van der Waals surface area contributed by atoms with Crippen LogP contribution in [0.3, 0.4) is 0 Å². The average Bonchev–Trinajstić information content (AvgIpc) is 3.28. The third-order valence-corrected chi connectivity index (χ3v) is 7.02. The highest BCUT2D eigenvalue weighted by molar-refractivity contribution is 7.17. The average molecular weight is 463 g/mol. The van der Waals surface area contributed by atoms with Crippen LogP contribution >= 0.6 is 11.3 Å². The molecule has 168 valence electrons. The first-order chi connectivity index (χ1) is 16.1. The number of hydrogen-bond donors (Lipinski definition) is 2. The molecule has 0 aliphatic carbocycles. The van der Waals surface area contributed by atoms with Crippen LogP contribution in [0.5, 0.6) is 0 Å². The Bertz CT molecular complexity index is 1340. The topological polar surface area (TPSA) is 78.1 Å². The molecule has 4 aromatic rings. The Labute approximate surface area is 194 Å². The predicted octanol–water partition coefficient (Wildman–Crippen LogP) is 4.32. The van der Waals surface area contributed by atoms with Crippen molar-refractivity contribution < 1.29 is 9.18 Å². The van der Waals surface area contributed by atoms with Crippen molar-refractivity contribution >= 4 is 33.4 Å². The van der Waals surface area contributed by atoms with Crippen LogP contribution in [-0.4, -0.2) is 29.0 Å². The van der Waals surface area contributed by atoms with Crippen molar-refractivity contribution in [1.82, 2.24) is 15.3 Å². The van der Waals surface area contributed by atoms with E-state index in [-0.39, 0.29) is 23.2 Å². The molecule has 2 aromatic carbocycles. The first-order valence-electron chi connectivity index (χ1n) is 10.9. The van der Waals surface area contributed by atoms with Gasteiger partial charge in [-0.05, 0) is 24.5 Å². The van der Waals surface area contributed by atoms with Gasteiger partial charge >= 0.3 is 0 Å². The number of nitrogens with one attached hydrogen (secondary N) is 2. The Kier molecular flexibility index (Phi) is 5.92. The van der Waals surface area contributed by atoms with Crippen LogP contribution in [0.2, 0.25) is 0 Å². The van der Waals surface area contributed by atoms with Gasteiger partial charge in [0.2, 0.25) is 11.9 Å². The van der Waals surface area contributed by atoms with Crippen LogP contribution < -0.4 is 15.8 Å². The summed E-state index contributed by atoms with van der Waals surface area (Å²) in [6.45, 7) is 1.73. The normalized spacial score (nSPS) is 14.5. The molecule has 1 saturated heterocycles. The van der Waals surface area contributed by atoms with Gasteiger partial charge in [0.25, 0.3) is 5.56 Å². The van der Waals surface area contributed by atoms with Crippen LogP contribution in [0, 0.1) is 11.7 Å². The molecule has 2 N–H and O–H groups in total. The second-order valence-corrected chi connectivity index (χ2v) is 9.04. The minimum Gasteiger partial charge on any atom is -0.352 e. The van der Waals surface area contributed by atoms with Crippen LogP contribution in [0.25, 0.3) is 21.3 Å². The number of rotatable bonds is 5. The maximum atomic E-state index is 14.4. The SMILES string of the molecule is O=C(NCc1ccccc1)C1CCN(c2nc3c(-c4ccccc4F)csc3c(=O)[nH]2)CC1. The second-order valence-electron chi connectivity index (χ2n) is 8.16. The third kappa shape index (κ3) is 4.39. The molecular weight excluding hydrogens is 439 g/mol. The number of H-pyrrole nitrogens is 1. The van der Waals surface area contributed by atoms with Crippen LogP contribution in [0.15, 0.2) is 64.8 Å². The zero-order valence-corrected chi connectivity index (χ0v) is 18.7. The smallest absolute Gasteiger partial charge is 0.270 e. The summed E-state index contributed by atoms with van der Waals surface area (Å²) in [4.78, 5) is 34.9. The molecule has 0 radical (unpaired) electrons. The molecule has 0 spiro atoms. The van der Waals surface area contributed by atoms with E-state index in [1.807, 2.05) is 35.2 Å². The van der Waals surface area contributed by atoms with Crippen molar-refractivity contribution in [2.75, 3.05) is 18.0 Å². The summed E-state index contributed by atoms with van der Waals surface area (Å²) in [5.74, 6) is 0.0976. The van der Waals surface area contributed by atoms with Crippen LogP contribution in [0.4, 0.5) is 10.3 Å². The molecular formula is C25H23FN4O2S. The lowest BCUT2D eigenvalue weighted by molar-refractivity contribution is -0.125. The molecule has 8 heteroatoms. The summed E-state index contributed by atoms with van der Waals surface area (Å²) >= 11 is 1.26. The fraction of sp³-hybridized carbons (Fsp3) is 0.240. The van der Waals surface area contributed by atoms with Gasteiger partial charge in [0.15, 0.2) is 0 Å². The van der Waals surface area contributed by atoms with Gasteiger partial charge in [-0.25, -0.2) is 9.37 Å². The van der Waals surface area contributed by atoms with E-state index >= 15 is 0 Å². The highest BCUT2D eigenvalue weighted by Crippen LogP contribution is 2.33. The van der Waals surface area contributed by atoms with Gasteiger partial charge in [-0.15, -0.1) is 11.3 Å². The van der Waals surface area contributed by atoms with Crippen molar-refractivity contribution in [2.45, 2.75) is 19.4 Å². The summed E-state index contributed by atoms with van der Waals surface area (Å²) in [5.41, 5.74) is 2.40. The van der Waals surface area contributed by atoms with Crippen molar-refractivity contribution in [3.05, 3.63) is 81.7 Å². The van der Waals surface area contributed by atoms with Crippen molar-refractivity contribution in [3.63, 3.8) is 0 Å². The third-order valence-electron chi connectivity index (χ3n) is 6.05. The molecule has 1 amide bonds. The predicted molar refractivity (Wildman–Crippen MR) is 129 cm³/mol. The Hall–Kier alpha value is -3.52. The number of nitrogens with zero attached hydrogens (tertiary/aromatic N) is 2. The fourth-order valence-electron chi connectivity index (χ4n) is 4.22. The summed E-state index contributed by atoms with van der Waals surface area (Å²) in [5, 5.41) is 4.80. The van der Waals surface area contributed by atoms with E-state index in [9.17, 15) is 14.0 Å². The molecule has 5 rings (SSSR count). The van der Waals surface area contributed by atoms with E-state index in [2.05, 4.69) is 10.3 Å². The zero-order chi connectivity index (χ0) is 22.8. The molecule has 6 nitrogen and oxygen atoms in total. The monoisotopic (exact) mass is 462 g/mol. The van der Waals surface area contributed by atoms with E-state index in [1.165, 1.54) is 17.4 Å². The van der Waals surface area contributed by atoms with E-state index in [0.29, 0.717) is 59.8 Å². The molecule has 0 bridgehead atoms. The summed E-state index contributed by atoms with van der Waals surface area (Å²) in [6.07, 6.45) is 1.35. The summed E-state index contributed by atoms with van der Waals surface area (Å²) in [7, 11) is 0. The first kappa shape index (κ1) is 21.3. The first-order valence-corrected chi connectivity index (χ1v) is 11.8. The van der Waals surface area contributed by atoms with Gasteiger partial charge in [0, 0.05) is 42.1 Å². The largest absolute Gasteiger partial charge is 0.352 e. The fourth-order valence-corrected chi connectivity index (χ4v) is 5.12. The number of halogens is 1. The number of amides is 1. The minimum atomic E-state index is -0.344. The standard InChI is InChI=1S/C25H23FN4O2S/c26-20-9-5-4-8-18(20)19-15-33-22-21(19)28-25(29-24(22)32)30-12-10-17(11-13-30)23(31)27-14-16-6-2-1-3-7-16/h1-9,15,17H,10-14H2,(H,27,31)(H,28,29,32). The highest BCUT2D eigenvalue weighted by Gasteiger charge is 2.26. The second kappa shape index (κ2) is 9.15. The summed E-state index contributed by atoms with van der Waals surface area (Å²) < 4.78 is 14.8. The maximum Gasteiger partial charge on any atom is 0.270 e. The van der Waals surface area contributed by atoms with E-state index in [4.69, 9.17) is 4.98 Å². The number of carbonyl (C=O) groups excluding carboxylic acids is 1. The van der Waals surface area contributed by atoms with Gasteiger partial charge in [-0.3, -0.25) is 14.6 Å². The lowest BCUT2D eigenvalue weighted by Gasteiger charge is -2.31.